The van der Waals surface area contributed by atoms with Crippen molar-refractivity contribution in [1.29, 1.82) is 0 Å². The van der Waals surface area contributed by atoms with Crippen LogP contribution in [-0.2, 0) is 21.2 Å². The molecule has 2 aromatic carbocycles. The van der Waals surface area contributed by atoms with Gasteiger partial charge in [-0.05, 0) is 74.1 Å². The first-order valence-electron chi connectivity index (χ1n) is 10.6. The smallest absolute Gasteiger partial charge is 0.264 e. The number of nitrogens with zero attached hydrogens (tertiary/aromatic N) is 2. The normalized spacial score (nSPS) is 16.8. The van der Waals surface area contributed by atoms with Crippen LogP contribution < -0.4 is 14.4 Å². The minimum Gasteiger partial charge on any atom is -0.493 e. The minimum absolute atomic E-state index is 0.118. The Kier molecular flexibility index (Phi) is 6.20. The van der Waals surface area contributed by atoms with Gasteiger partial charge in [0.15, 0.2) is 18.1 Å². The maximum atomic E-state index is 12.9. The molecule has 2 aromatic rings. The second kappa shape index (κ2) is 8.88. The van der Waals surface area contributed by atoms with E-state index < -0.39 is 10.0 Å². The number of benzene rings is 2. The van der Waals surface area contributed by atoms with E-state index in [1.807, 2.05) is 19.1 Å². The van der Waals surface area contributed by atoms with Gasteiger partial charge in [-0.3, -0.25) is 4.79 Å². The third-order valence-electron chi connectivity index (χ3n) is 5.84. The minimum atomic E-state index is -3.48. The fraction of sp³-hybridized carbons (Fsp3) is 0.435. The summed E-state index contributed by atoms with van der Waals surface area (Å²) in [6.45, 7) is 3.57. The predicted molar refractivity (Wildman–Crippen MR) is 118 cm³/mol. The predicted octanol–water partition coefficient (Wildman–Crippen LogP) is 3.15. The van der Waals surface area contributed by atoms with Crippen LogP contribution in [0.3, 0.4) is 0 Å². The van der Waals surface area contributed by atoms with Gasteiger partial charge in [0.25, 0.3) is 5.91 Å². The van der Waals surface area contributed by atoms with Crippen molar-refractivity contribution in [3.8, 4) is 11.5 Å². The molecule has 0 radical (unpaired) electrons. The molecule has 31 heavy (non-hydrogen) atoms. The molecule has 8 heteroatoms. The summed E-state index contributed by atoms with van der Waals surface area (Å²) in [5.41, 5.74) is 2.68. The number of carbonyl (C=O) groups is 1. The van der Waals surface area contributed by atoms with E-state index in [4.69, 9.17) is 9.47 Å². The number of hydrogen-bond donors (Lipinski definition) is 0. The van der Waals surface area contributed by atoms with Crippen LogP contribution in [0.25, 0.3) is 0 Å². The van der Waals surface area contributed by atoms with E-state index in [0.717, 1.165) is 42.5 Å². The maximum Gasteiger partial charge on any atom is 0.264 e. The van der Waals surface area contributed by atoms with Crippen LogP contribution in [0.4, 0.5) is 5.69 Å². The fourth-order valence-electron chi connectivity index (χ4n) is 4.18. The van der Waals surface area contributed by atoms with E-state index in [0.29, 0.717) is 36.0 Å². The Bertz CT molecular complexity index is 1080. The first-order valence-corrected chi connectivity index (χ1v) is 12.0. The van der Waals surface area contributed by atoms with E-state index in [2.05, 4.69) is 0 Å². The quantitative estimate of drug-likeness (QED) is 0.684. The van der Waals surface area contributed by atoms with Gasteiger partial charge in [-0.2, -0.15) is 4.31 Å². The summed E-state index contributed by atoms with van der Waals surface area (Å²) in [5, 5.41) is 0. The average molecular weight is 445 g/mol. The number of sulfonamides is 1. The summed E-state index contributed by atoms with van der Waals surface area (Å²) >= 11 is 0. The molecular formula is C23H28N2O5S. The number of carbonyl (C=O) groups excluding carboxylic acids is 1. The molecule has 1 amide bonds. The largest absolute Gasteiger partial charge is 0.493 e. The van der Waals surface area contributed by atoms with Crippen molar-refractivity contribution in [3.05, 3.63) is 47.5 Å². The highest BCUT2D eigenvalue weighted by molar-refractivity contribution is 7.89. The molecule has 1 saturated heterocycles. The van der Waals surface area contributed by atoms with Gasteiger partial charge in [-0.25, -0.2) is 8.42 Å². The molecule has 0 atom stereocenters. The van der Waals surface area contributed by atoms with Gasteiger partial charge < -0.3 is 14.4 Å². The lowest BCUT2D eigenvalue weighted by Gasteiger charge is -2.30. The lowest BCUT2D eigenvalue weighted by molar-refractivity contribution is -0.120. The molecule has 0 aliphatic carbocycles. The topological polar surface area (TPSA) is 76.1 Å². The maximum absolute atomic E-state index is 12.9. The van der Waals surface area contributed by atoms with Gasteiger partial charge in [0.05, 0.1) is 12.0 Å². The highest BCUT2D eigenvalue weighted by Gasteiger charge is 2.30. The third-order valence-corrected chi connectivity index (χ3v) is 7.74. The zero-order valence-electron chi connectivity index (χ0n) is 18.0. The highest BCUT2D eigenvalue weighted by atomic mass is 32.2. The lowest BCUT2D eigenvalue weighted by atomic mass is 10.0. The van der Waals surface area contributed by atoms with Crippen LogP contribution in [-0.4, -0.2) is 52.0 Å². The number of anilines is 1. The molecule has 166 valence electrons. The summed E-state index contributed by atoms with van der Waals surface area (Å²) in [6.07, 6.45) is 3.32. The molecule has 0 spiro atoms. The Morgan fingerprint density at radius 2 is 1.77 bits per heavy atom. The second-order valence-corrected chi connectivity index (χ2v) is 9.93. The fourth-order valence-corrected chi connectivity index (χ4v) is 5.75. The van der Waals surface area contributed by atoms with Crippen LogP contribution in [0.1, 0.15) is 30.4 Å². The Morgan fingerprint density at radius 3 is 2.52 bits per heavy atom. The van der Waals surface area contributed by atoms with Crippen LogP contribution in [0.5, 0.6) is 11.5 Å². The molecule has 4 rings (SSSR count). The third kappa shape index (κ3) is 4.41. The van der Waals surface area contributed by atoms with Crippen LogP contribution in [0, 0.1) is 6.92 Å². The summed E-state index contributed by atoms with van der Waals surface area (Å²) in [7, 11) is -1.91. The molecule has 2 heterocycles. The summed E-state index contributed by atoms with van der Waals surface area (Å²) < 4.78 is 38.4. The second-order valence-electron chi connectivity index (χ2n) is 7.99. The standard InChI is InChI=1S/C23H28N2O5S/c1-17-7-10-21(22(14-17)29-2)30-16-23(26)25-13-5-6-18-15-19(8-9-20(18)25)31(27,28)24-11-3-4-12-24/h7-10,14-15H,3-6,11-13,16H2,1-2H3. The average Bonchev–Trinajstić information content (AvgIpc) is 3.33. The van der Waals surface area contributed by atoms with Gasteiger partial charge in [0, 0.05) is 25.3 Å². The number of rotatable bonds is 6. The Balaban J connectivity index is 1.51. The summed E-state index contributed by atoms with van der Waals surface area (Å²) in [5.74, 6) is 0.938. The molecule has 7 nitrogen and oxygen atoms in total. The van der Waals surface area contributed by atoms with Crippen molar-refractivity contribution in [1.82, 2.24) is 4.31 Å². The number of methoxy groups -OCH3 is 1. The Labute approximate surface area is 183 Å². The van der Waals surface area contributed by atoms with Gasteiger partial charge in [-0.15, -0.1) is 0 Å². The van der Waals surface area contributed by atoms with Gasteiger partial charge in [0.2, 0.25) is 10.0 Å². The highest BCUT2D eigenvalue weighted by Crippen LogP contribution is 2.32. The molecule has 2 aliphatic rings. The first-order chi connectivity index (χ1) is 14.9. The van der Waals surface area contributed by atoms with E-state index in [1.165, 1.54) is 0 Å². The monoisotopic (exact) mass is 444 g/mol. The number of fused-ring (bicyclic) bond motifs is 1. The van der Waals surface area contributed by atoms with Crippen LogP contribution >= 0.6 is 0 Å². The van der Waals surface area contributed by atoms with Crippen molar-refractivity contribution in [3.63, 3.8) is 0 Å². The molecule has 0 bridgehead atoms. The van der Waals surface area contributed by atoms with Crippen molar-refractivity contribution < 1.29 is 22.7 Å². The van der Waals surface area contributed by atoms with Crippen LogP contribution in [0.15, 0.2) is 41.3 Å². The lowest BCUT2D eigenvalue weighted by Crippen LogP contribution is -2.38. The number of aryl methyl sites for hydroxylation is 2. The van der Waals surface area contributed by atoms with Crippen molar-refractivity contribution in [2.75, 3.05) is 38.3 Å². The number of ether oxygens (including phenoxy) is 2. The first kappa shape index (κ1) is 21.6. The zero-order valence-corrected chi connectivity index (χ0v) is 18.8. The van der Waals surface area contributed by atoms with Crippen molar-refractivity contribution in [2.24, 2.45) is 0 Å². The molecule has 2 aliphatic heterocycles. The molecular weight excluding hydrogens is 416 g/mol. The molecule has 1 fully saturated rings. The van der Waals surface area contributed by atoms with Crippen molar-refractivity contribution in [2.45, 2.75) is 37.5 Å². The number of hydrogen-bond acceptors (Lipinski definition) is 5. The zero-order chi connectivity index (χ0) is 22.0. The molecule has 0 N–H and O–H groups in total. The van der Waals surface area contributed by atoms with Gasteiger partial charge in [0.1, 0.15) is 0 Å². The summed E-state index contributed by atoms with van der Waals surface area (Å²) in [4.78, 5) is 14.9. The van der Waals surface area contributed by atoms with E-state index >= 15 is 0 Å². The van der Waals surface area contributed by atoms with Gasteiger partial charge >= 0.3 is 0 Å². The van der Waals surface area contributed by atoms with E-state index in [1.54, 1.807) is 40.6 Å². The van der Waals surface area contributed by atoms with E-state index in [-0.39, 0.29) is 12.5 Å². The molecule has 0 unspecified atom stereocenters. The Morgan fingerprint density at radius 1 is 1.00 bits per heavy atom. The summed E-state index contributed by atoms with van der Waals surface area (Å²) in [6, 6.07) is 10.6. The van der Waals surface area contributed by atoms with Gasteiger partial charge in [-0.1, -0.05) is 6.07 Å². The SMILES string of the molecule is COc1cc(C)ccc1OCC(=O)N1CCCc2cc(S(=O)(=O)N3CCCC3)ccc21. The Hall–Kier alpha value is -2.58. The molecule has 0 aromatic heterocycles. The van der Waals surface area contributed by atoms with Crippen molar-refractivity contribution >= 4 is 21.6 Å². The van der Waals surface area contributed by atoms with E-state index in [9.17, 15) is 13.2 Å². The number of amides is 1. The van der Waals surface area contributed by atoms with Crippen LogP contribution in [0.2, 0.25) is 0 Å². The molecule has 0 saturated carbocycles.